The summed E-state index contributed by atoms with van der Waals surface area (Å²) in [6, 6.07) is 5.88. The number of nitrogens with zero attached hydrogens (tertiary/aromatic N) is 1. The van der Waals surface area contributed by atoms with Crippen LogP contribution < -0.4 is 11.1 Å². The number of halogens is 1. The van der Waals surface area contributed by atoms with E-state index in [1.807, 2.05) is 11.0 Å². The number of imide groups is 1. The van der Waals surface area contributed by atoms with Crippen LogP contribution in [0.4, 0.5) is 9.18 Å². The molecule has 6 heteroatoms. The van der Waals surface area contributed by atoms with Crippen LogP contribution in [0.3, 0.4) is 0 Å². The Balaban J connectivity index is 1.75. The van der Waals surface area contributed by atoms with Crippen molar-refractivity contribution < 1.29 is 14.0 Å². The van der Waals surface area contributed by atoms with E-state index in [1.165, 1.54) is 6.07 Å². The number of hydrogen-bond acceptors (Lipinski definition) is 3. The number of carbonyl (C=O) groups excluding carboxylic acids is 2. The molecule has 21 heavy (non-hydrogen) atoms. The van der Waals surface area contributed by atoms with Gasteiger partial charge in [-0.3, -0.25) is 15.0 Å². The molecule has 2 rings (SSSR count). The lowest BCUT2D eigenvalue weighted by Gasteiger charge is -2.31. The lowest BCUT2D eigenvalue weighted by Crippen LogP contribution is -2.44. The van der Waals surface area contributed by atoms with Crippen LogP contribution in [0.1, 0.15) is 18.4 Å². The van der Waals surface area contributed by atoms with Gasteiger partial charge >= 0.3 is 6.03 Å². The van der Waals surface area contributed by atoms with E-state index < -0.39 is 6.03 Å². The molecule has 0 unspecified atom stereocenters. The maximum absolute atomic E-state index is 13.1. The van der Waals surface area contributed by atoms with Crippen LogP contribution >= 0.6 is 0 Å². The zero-order valence-corrected chi connectivity index (χ0v) is 11.8. The van der Waals surface area contributed by atoms with E-state index in [0.29, 0.717) is 5.92 Å². The van der Waals surface area contributed by atoms with E-state index in [9.17, 15) is 14.0 Å². The van der Waals surface area contributed by atoms with Gasteiger partial charge in [0.05, 0.1) is 6.54 Å². The average Bonchev–Trinajstić information content (AvgIpc) is 2.40. The predicted octanol–water partition coefficient (Wildman–Crippen LogP) is 1.28. The second kappa shape index (κ2) is 7.17. The minimum Gasteiger partial charge on any atom is -0.351 e. The Morgan fingerprint density at radius 2 is 2.05 bits per heavy atom. The number of likely N-dealkylation sites (tertiary alicyclic amines) is 1. The first-order chi connectivity index (χ1) is 10.0. The standard InChI is InChI=1S/C15H20FN3O2/c16-13-3-1-2-12(9-13)8-11-4-6-19(7-5-11)10-14(20)18-15(17)21/h1-3,9,11H,4-8,10H2,(H3,17,18,20,21). The smallest absolute Gasteiger partial charge is 0.318 e. The Morgan fingerprint density at radius 1 is 1.33 bits per heavy atom. The van der Waals surface area contributed by atoms with E-state index >= 15 is 0 Å². The van der Waals surface area contributed by atoms with Gasteiger partial charge in [-0.15, -0.1) is 0 Å². The van der Waals surface area contributed by atoms with E-state index in [0.717, 1.165) is 37.9 Å². The van der Waals surface area contributed by atoms with Crippen molar-refractivity contribution in [2.45, 2.75) is 19.3 Å². The molecule has 1 aromatic carbocycles. The highest BCUT2D eigenvalue weighted by molar-refractivity contribution is 5.94. The fourth-order valence-corrected chi connectivity index (χ4v) is 2.73. The molecule has 1 heterocycles. The maximum Gasteiger partial charge on any atom is 0.318 e. The minimum absolute atomic E-state index is 0.190. The van der Waals surface area contributed by atoms with Crippen molar-refractivity contribution in [1.82, 2.24) is 10.2 Å². The molecule has 0 bridgehead atoms. The van der Waals surface area contributed by atoms with Crippen molar-refractivity contribution in [3.8, 4) is 0 Å². The molecule has 1 saturated heterocycles. The number of hydrogen-bond donors (Lipinski definition) is 2. The summed E-state index contributed by atoms with van der Waals surface area (Å²) in [7, 11) is 0. The summed E-state index contributed by atoms with van der Waals surface area (Å²) in [6.45, 7) is 1.79. The number of nitrogens with two attached hydrogens (primary N) is 1. The molecular formula is C15H20FN3O2. The van der Waals surface area contributed by atoms with Crippen LogP contribution in [0.2, 0.25) is 0 Å². The summed E-state index contributed by atoms with van der Waals surface area (Å²) < 4.78 is 13.1. The Hall–Kier alpha value is -1.95. The molecule has 1 aliphatic rings. The zero-order chi connectivity index (χ0) is 15.2. The summed E-state index contributed by atoms with van der Waals surface area (Å²) in [5.41, 5.74) is 5.91. The maximum atomic E-state index is 13.1. The van der Waals surface area contributed by atoms with Crippen LogP contribution in [-0.4, -0.2) is 36.5 Å². The number of urea groups is 1. The molecule has 0 aromatic heterocycles. The quantitative estimate of drug-likeness (QED) is 0.878. The van der Waals surface area contributed by atoms with Gasteiger partial charge in [-0.25, -0.2) is 9.18 Å². The molecule has 0 saturated carbocycles. The Kier molecular flexibility index (Phi) is 5.27. The Morgan fingerprint density at radius 3 is 2.67 bits per heavy atom. The van der Waals surface area contributed by atoms with Gasteiger partial charge in [-0.1, -0.05) is 12.1 Å². The Bertz CT molecular complexity index is 513. The van der Waals surface area contributed by atoms with E-state index in [1.54, 1.807) is 12.1 Å². The van der Waals surface area contributed by atoms with Gasteiger partial charge in [0, 0.05) is 0 Å². The summed E-state index contributed by atoms with van der Waals surface area (Å²) in [6.07, 6.45) is 2.78. The molecule has 0 aliphatic carbocycles. The molecule has 1 aliphatic heterocycles. The van der Waals surface area contributed by atoms with Crippen molar-refractivity contribution in [2.24, 2.45) is 11.7 Å². The highest BCUT2D eigenvalue weighted by Crippen LogP contribution is 2.21. The minimum atomic E-state index is -0.819. The fourth-order valence-electron chi connectivity index (χ4n) is 2.73. The third-order valence-electron chi connectivity index (χ3n) is 3.75. The van der Waals surface area contributed by atoms with Crippen molar-refractivity contribution in [1.29, 1.82) is 0 Å². The van der Waals surface area contributed by atoms with E-state index in [-0.39, 0.29) is 18.3 Å². The van der Waals surface area contributed by atoms with Gasteiger partial charge in [0.25, 0.3) is 0 Å². The molecule has 1 fully saturated rings. The number of amides is 3. The molecule has 3 amide bonds. The van der Waals surface area contributed by atoms with Crippen molar-refractivity contribution >= 4 is 11.9 Å². The number of carbonyl (C=O) groups is 2. The van der Waals surface area contributed by atoms with Crippen molar-refractivity contribution in [3.63, 3.8) is 0 Å². The molecule has 3 N–H and O–H groups in total. The number of benzene rings is 1. The molecule has 5 nitrogen and oxygen atoms in total. The molecule has 114 valence electrons. The highest BCUT2D eigenvalue weighted by Gasteiger charge is 2.21. The van der Waals surface area contributed by atoms with Crippen LogP contribution in [0, 0.1) is 11.7 Å². The van der Waals surface area contributed by atoms with Gasteiger partial charge in [-0.2, -0.15) is 0 Å². The second-order valence-electron chi connectivity index (χ2n) is 5.47. The molecule has 1 aromatic rings. The second-order valence-corrected chi connectivity index (χ2v) is 5.47. The van der Waals surface area contributed by atoms with Gasteiger partial charge < -0.3 is 5.73 Å². The van der Waals surface area contributed by atoms with Crippen molar-refractivity contribution in [3.05, 3.63) is 35.6 Å². The SMILES string of the molecule is NC(=O)NC(=O)CN1CCC(Cc2cccc(F)c2)CC1. The monoisotopic (exact) mass is 293 g/mol. The van der Waals surface area contributed by atoms with Crippen LogP contribution in [0.15, 0.2) is 24.3 Å². The zero-order valence-electron chi connectivity index (χ0n) is 11.8. The van der Waals surface area contributed by atoms with Gasteiger partial charge in [0.15, 0.2) is 0 Å². The third-order valence-corrected chi connectivity index (χ3v) is 3.75. The fraction of sp³-hybridized carbons (Fsp3) is 0.467. The van der Waals surface area contributed by atoms with Crippen LogP contribution in [0.25, 0.3) is 0 Å². The number of rotatable bonds is 4. The molecule has 0 spiro atoms. The third kappa shape index (κ3) is 5.15. The lowest BCUT2D eigenvalue weighted by atomic mass is 9.90. The summed E-state index contributed by atoms with van der Waals surface area (Å²) >= 11 is 0. The Labute approximate surface area is 123 Å². The van der Waals surface area contributed by atoms with Gasteiger partial charge in [-0.05, 0) is 56.0 Å². The van der Waals surface area contributed by atoms with Gasteiger partial charge in [0.2, 0.25) is 5.91 Å². The number of primary amides is 1. The highest BCUT2D eigenvalue weighted by atomic mass is 19.1. The topological polar surface area (TPSA) is 75.4 Å². The first kappa shape index (κ1) is 15.4. The first-order valence-electron chi connectivity index (χ1n) is 7.09. The molecule has 0 radical (unpaired) electrons. The molecule has 0 atom stereocenters. The largest absolute Gasteiger partial charge is 0.351 e. The first-order valence-corrected chi connectivity index (χ1v) is 7.09. The van der Waals surface area contributed by atoms with Crippen LogP contribution in [-0.2, 0) is 11.2 Å². The van der Waals surface area contributed by atoms with Crippen LogP contribution in [0.5, 0.6) is 0 Å². The normalized spacial score (nSPS) is 16.6. The number of piperidine rings is 1. The number of nitrogens with one attached hydrogen (secondary N) is 1. The van der Waals surface area contributed by atoms with Gasteiger partial charge in [0.1, 0.15) is 5.82 Å². The average molecular weight is 293 g/mol. The van der Waals surface area contributed by atoms with Crippen molar-refractivity contribution in [2.75, 3.05) is 19.6 Å². The summed E-state index contributed by atoms with van der Waals surface area (Å²) in [4.78, 5) is 24.0. The van der Waals surface area contributed by atoms with E-state index in [2.05, 4.69) is 5.32 Å². The van der Waals surface area contributed by atoms with E-state index in [4.69, 9.17) is 5.73 Å². The molecular weight excluding hydrogens is 273 g/mol. The summed E-state index contributed by atoms with van der Waals surface area (Å²) in [5, 5.41) is 2.06. The lowest BCUT2D eigenvalue weighted by molar-refractivity contribution is -0.121. The predicted molar refractivity (Wildman–Crippen MR) is 77.0 cm³/mol. The summed E-state index contributed by atoms with van der Waals surface area (Å²) in [5.74, 6) is -0.0682.